The number of nitrogens with one attached hydrogen (secondary N) is 1. The molecule has 0 radical (unpaired) electrons. The average Bonchev–Trinajstić information content (AvgIpc) is 3.53. The number of nitrogens with zero attached hydrogens (tertiary/aromatic N) is 3. The Labute approximate surface area is 185 Å². The SMILES string of the molecule is CC(=O)N[C@@H](CF)COCC1CCC(Oc2nc3cnc(OC4CC4)c(F)c3n2C)CC1. The lowest BCUT2D eigenvalue weighted by Gasteiger charge is -2.28. The quantitative estimate of drug-likeness (QED) is 0.596. The zero-order chi connectivity index (χ0) is 22.7. The maximum Gasteiger partial charge on any atom is 0.297 e. The van der Waals surface area contributed by atoms with Gasteiger partial charge in [-0.25, -0.2) is 9.37 Å². The predicted molar refractivity (Wildman–Crippen MR) is 113 cm³/mol. The number of carbonyl (C=O) groups excluding carboxylic acids is 1. The van der Waals surface area contributed by atoms with Crippen molar-refractivity contribution in [3.05, 3.63) is 12.0 Å². The molecule has 2 heterocycles. The summed E-state index contributed by atoms with van der Waals surface area (Å²) in [5, 5.41) is 2.53. The maximum absolute atomic E-state index is 14.9. The fourth-order valence-electron chi connectivity index (χ4n) is 4.01. The predicted octanol–water partition coefficient (Wildman–Crippen LogP) is 3.08. The van der Waals surface area contributed by atoms with Crippen molar-refractivity contribution in [3.63, 3.8) is 0 Å². The molecule has 32 heavy (non-hydrogen) atoms. The van der Waals surface area contributed by atoms with E-state index in [2.05, 4.69) is 15.3 Å². The van der Waals surface area contributed by atoms with Gasteiger partial charge in [0.15, 0.2) is 0 Å². The highest BCUT2D eigenvalue weighted by molar-refractivity contribution is 5.77. The average molecular weight is 453 g/mol. The van der Waals surface area contributed by atoms with Gasteiger partial charge in [-0.15, -0.1) is 0 Å². The number of aryl methyl sites for hydroxylation is 1. The number of carbonyl (C=O) groups is 1. The third kappa shape index (κ3) is 5.46. The Morgan fingerprint density at radius 1 is 1.22 bits per heavy atom. The number of rotatable bonds is 10. The molecule has 2 aromatic rings. The first-order valence-corrected chi connectivity index (χ1v) is 11.2. The number of halogens is 2. The number of hydrogen-bond acceptors (Lipinski definition) is 6. The van der Waals surface area contributed by atoms with Crippen molar-refractivity contribution in [1.29, 1.82) is 0 Å². The molecule has 1 atom stereocenters. The van der Waals surface area contributed by atoms with Crippen LogP contribution in [0.4, 0.5) is 8.78 Å². The molecule has 8 nitrogen and oxygen atoms in total. The normalized spacial score (nSPS) is 22.0. The van der Waals surface area contributed by atoms with Crippen LogP contribution in [0.3, 0.4) is 0 Å². The van der Waals surface area contributed by atoms with Gasteiger partial charge in [-0.3, -0.25) is 9.36 Å². The molecule has 0 saturated heterocycles. The fraction of sp³-hybridized carbons (Fsp3) is 0.682. The van der Waals surface area contributed by atoms with Gasteiger partial charge in [-0.05, 0) is 44.4 Å². The van der Waals surface area contributed by atoms with Gasteiger partial charge in [0.25, 0.3) is 11.9 Å². The molecule has 0 unspecified atom stereocenters. The van der Waals surface area contributed by atoms with Crippen LogP contribution in [0.5, 0.6) is 11.9 Å². The van der Waals surface area contributed by atoms with Crippen LogP contribution in [-0.4, -0.2) is 58.6 Å². The first-order chi connectivity index (χ1) is 15.4. The summed E-state index contributed by atoms with van der Waals surface area (Å²) in [5.74, 6) is -0.399. The van der Waals surface area contributed by atoms with Crippen LogP contribution in [0.2, 0.25) is 0 Å². The molecule has 2 saturated carbocycles. The minimum absolute atomic E-state index is 0.0158. The summed E-state index contributed by atoms with van der Waals surface area (Å²) >= 11 is 0. The van der Waals surface area contributed by atoms with Crippen LogP contribution < -0.4 is 14.8 Å². The van der Waals surface area contributed by atoms with Gasteiger partial charge in [0.2, 0.25) is 11.7 Å². The third-order valence-corrected chi connectivity index (χ3v) is 5.92. The van der Waals surface area contributed by atoms with Crippen LogP contribution in [0.1, 0.15) is 45.4 Å². The third-order valence-electron chi connectivity index (χ3n) is 5.92. The molecule has 0 aromatic carbocycles. The van der Waals surface area contributed by atoms with Gasteiger partial charge in [-0.1, -0.05) is 0 Å². The first-order valence-electron chi connectivity index (χ1n) is 11.2. The summed E-state index contributed by atoms with van der Waals surface area (Å²) in [6.45, 7) is 1.40. The molecule has 2 aromatic heterocycles. The second-order valence-corrected chi connectivity index (χ2v) is 8.73. The van der Waals surface area contributed by atoms with E-state index < -0.39 is 18.5 Å². The van der Waals surface area contributed by atoms with Crippen LogP contribution in [-0.2, 0) is 16.6 Å². The highest BCUT2D eigenvalue weighted by Gasteiger charge is 2.28. The summed E-state index contributed by atoms with van der Waals surface area (Å²) < 4.78 is 46.6. The van der Waals surface area contributed by atoms with Crippen molar-refractivity contribution in [2.24, 2.45) is 13.0 Å². The summed E-state index contributed by atoms with van der Waals surface area (Å²) in [4.78, 5) is 19.5. The highest BCUT2D eigenvalue weighted by atomic mass is 19.1. The zero-order valence-corrected chi connectivity index (χ0v) is 18.5. The number of fused-ring (bicyclic) bond motifs is 1. The van der Waals surface area contributed by atoms with Crippen molar-refractivity contribution in [2.75, 3.05) is 19.9 Å². The number of hydrogen-bond donors (Lipinski definition) is 1. The van der Waals surface area contributed by atoms with E-state index in [0.717, 1.165) is 38.5 Å². The summed E-state index contributed by atoms with van der Waals surface area (Å²) in [6.07, 6.45) is 6.89. The van der Waals surface area contributed by atoms with Crippen LogP contribution >= 0.6 is 0 Å². The van der Waals surface area contributed by atoms with E-state index in [1.165, 1.54) is 13.1 Å². The summed E-state index contributed by atoms with van der Waals surface area (Å²) in [6, 6.07) is -0.236. The van der Waals surface area contributed by atoms with Crippen LogP contribution in [0.15, 0.2) is 6.20 Å². The minimum Gasteiger partial charge on any atom is -0.472 e. The number of aromatic nitrogens is 3. The van der Waals surface area contributed by atoms with Crippen molar-refractivity contribution in [3.8, 4) is 11.9 Å². The lowest BCUT2D eigenvalue weighted by Crippen LogP contribution is -2.39. The van der Waals surface area contributed by atoms with Crippen molar-refractivity contribution in [2.45, 2.75) is 63.7 Å². The molecule has 10 heteroatoms. The van der Waals surface area contributed by atoms with E-state index in [1.54, 1.807) is 11.6 Å². The lowest BCUT2D eigenvalue weighted by atomic mass is 9.88. The molecule has 1 amide bonds. The molecular formula is C22H30F2N4O4. The largest absolute Gasteiger partial charge is 0.472 e. The minimum atomic E-state index is -0.650. The lowest BCUT2D eigenvalue weighted by molar-refractivity contribution is -0.120. The van der Waals surface area contributed by atoms with E-state index in [0.29, 0.717) is 29.6 Å². The smallest absolute Gasteiger partial charge is 0.297 e. The molecule has 2 aliphatic rings. The summed E-state index contributed by atoms with van der Waals surface area (Å²) in [7, 11) is 1.73. The van der Waals surface area contributed by atoms with Crippen LogP contribution in [0, 0.1) is 11.7 Å². The molecule has 2 aliphatic carbocycles. The molecule has 4 rings (SSSR count). The van der Waals surface area contributed by atoms with Crippen molar-refractivity contribution < 1.29 is 27.8 Å². The Morgan fingerprint density at radius 3 is 2.56 bits per heavy atom. The molecule has 176 valence electrons. The van der Waals surface area contributed by atoms with Gasteiger partial charge < -0.3 is 19.5 Å². The van der Waals surface area contributed by atoms with E-state index in [4.69, 9.17) is 14.2 Å². The van der Waals surface area contributed by atoms with Gasteiger partial charge in [0.1, 0.15) is 29.9 Å². The van der Waals surface area contributed by atoms with Gasteiger partial charge in [0.05, 0.1) is 18.8 Å². The molecule has 0 spiro atoms. The number of imidazole rings is 1. The van der Waals surface area contributed by atoms with Gasteiger partial charge in [-0.2, -0.15) is 9.37 Å². The summed E-state index contributed by atoms with van der Waals surface area (Å²) in [5.41, 5.74) is 0.765. The van der Waals surface area contributed by atoms with Crippen molar-refractivity contribution in [1.82, 2.24) is 19.9 Å². The molecule has 0 bridgehead atoms. The monoisotopic (exact) mass is 452 g/mol. The Kier molecular flexibility index (Phi) is 7.07. The van der Waals surface area contributed by atoms with E-state index in [-0.39, 0.29) is 30.6 Å². The second kappa shape index (κ2) is 9.97. The van der Waals surface area contributed by atoms with E-state index in [9.17, 15) is 13.6 Å². The topological polar surface area (TPSA) is 87.5 Å². The van der Waals surface area contributed by atoms with E-state index >= 15 is 0 Å². The van der Waals surface area contributed by atoms with Crippen LogP contribution in [0.25, 0.3) is 11.0 Å². The Balaban J connectivity index is 1.28. The Bertz CT molecular complexity index is 942. The highest BCUT2D eigenvalue weighted by Crippen LogP contribution is 2.33. The molecule has 2 fully saturated rings. The molecular weight excluding hydrogens is 422 g/mol. The standard InChI is InChI=1S/C22H30F2N4O4/c1-13(29)26-15(9-23)12-30-11-14-3-5-17(6-4-14)32-22-27-18-10-25-21(31-16-7-8-16)19(24)20(18)28(22)2/h10,14-17H,3-9,11-12H2,1-2H3,(H,26,29)/t14?,15-,17?/m0/s1. The number of ether oxygens (including phenoxy) is 3. The Morgan fingerprint density at radius 2 is 1.91 bits per heavy atom. The van der Waals surface area contributed by atoms with E-state index in [1.807, 2.05) is 0 Å². The zero-order valence-electron chi connectivity index (χ0n) is 18.5. The number of amides is 1. The second-order valence-electron chi connectivity index (χ2n) is 8.73. The first kappa shape index (κ1) is 22.7. The Hall–Kier alpha value is -2.49. The number of pyridine rings is 1. The fourth-order valence-corrected chi connectivity index (χ4v) is 4.01. The van der Waals surface area contributed by atoms with Gasteiger partial charge in [0, 0.05) is 20.6 Å². The molecule has 0 aliphatic heterocycles. The van der Waals surface area contributed by atoms with Gasteiger partial charge >= 0.3 is 0 Å². The maximum atomic E-state index is 14.9. The molecule has 1 N–H and O–H groups in total. The van der Waals surface area contributed by atoms with Crippen molar-refractivity contribution >= 4 is 16.9 Å². The number of alkyl halides is 1.